The molecule has 0 saturated carbocycles. The number of rotatable bonds is 7. The monoisotopic (exact) mass is 416 g/mol. The molecule has 0 aliphatic carbocycles. The summed E-state index contributed by atoms with van der Waals surface area (Å²) in [7, 11) is 0. The molecule has 1 aromatic carbocycles. The number of amides is 2. The minimum absolute atomic E-state index is 0.0239. The Bertz CT molecular complexity index is 953. The van der Waals surface area contributed by atoms with E-state index in [0.29, 0.717) is 28.0 Å². The summed E-state index contributed by atoms with van der Waals surface area (Å²) in [6.07, 6.45) is 3.67. The lowest BCUT2D eigenvalue weighted by molar-refractivity contribution is -0.122. The van der Waals surface area contributed by atoms with Crippen molar-refractivity contribution in [3.8, 4) is 0 Å². The molecule has 2 amide bonds. The fourth-order valence-electron chi connectivity index (χ4n) is 2.58. The molecule has 28 heavy (non-hydrogen) atoms. The van der Waals surface area contributed by atoms with E-state index in [1.165, 1.54) is 35.1 Å². The number of hydrogen-bond acceptors (Lipinski definition) is 6. The number of hydrogen-bond donors (Lipinski definition) is 2. The van der Waals surface area contributed by atoms with E-state index >= 15 is 0 Å². The molecule has 1 aliphatic heterocycles. The Morgan fingerprint density at radius 3 is 2.75 bits per heavy atom. The number of aromatic carboxylic acids is 1. The molecule has 0 spiro atoms. The van der Waals surface area contributed by atoms with Gasteiger partial charge in [-0.2, -0.15) is 0 Å². The normalized spacial score (nSPS) is 15.3. The summed E-state index contributed by atoms with van der Waals surface area (Å²) in [5.41, 5.74) is 0.267. The second-order valence-electron chi connectivity index (χ2n) is 5.85. The van der Waals surface area contributed by atoms with Crippen molar-refractivity contribution < 1.29 is 23.9 Å². The lowest BCUT2D eigenvalue weighted by Gasteiger charge is -2.14. The SMILES string of the molecule is O=C(CCCN1C(=O)/C(=C\c2ccco2)SC1=S)Nc1ccccc1C(=O)O. The van der Waals surface area contributed by atoms with Crippen LogP contribution in [0, 0.1) is 0 Å². The molecule has 2 heterocycles. The van der Waals surface area contributed by atoms with Crippen molar-refractivity contribution in [1.82, 2.24) is 4.90 Å². The zero-order valence-corrected chi connectivity index (χ0v) is 16.2. The van der Waals surface area contributed by atoms with Gasteiger partial charge in [-0.05, 0) is 30.7 Å². The van der Waals surface area contributed by atoms with E-state index in [4.69, 9.17) is 21.7 Å². The van der Waals surface area contributed by atoms with Crippen molar-refractivity contribution in [3.05, 3.63) is 58.9 Å². The van der Waals surface area contributed by atoms with E-state index < -0.39 is 5.97 Å². The highest BCUT2D eigenvalue weighted by molar-refractivity contribution is 8.26. The van der Waals surface area contributed by atoms with Crippen LogP contribution >= 0.6 is 24.0 Å². The maximum absolute atomic E-state index is 12.5. The van der Waals surface area contributed by atoms with Gasteiger partial charge in [0.25, 0.3) is 5.91 Å². The average molecular weight is 416 g/mol. The molecule has 2 aromatic rings. The molecule has 0 radical (unpaired) electrons. The number of thiocarbonyl (C=S) groups is 1. The van der Waals surface area contributed by atoms with Crippen LogP contribution in [0.5, 0.6) is 0 Å². The molecule has 144 valence electrons. The number of nitrogens with zero attached hydrogens (tertiary/aromatic N) is 1. The van der Waals surface area contributed by atoms with Crippen molar-refractivity contribution in [2.75, 3.05) is 11.9 Å². The first-order chi connectivity index (χ1) is 13.5. The summed E-state index contributed by atoms with van der Waals surface area (Å²) in [6, 6.07) is 9.66. The van der Waals surface area contributed by atoms with Gasteiger partial charge in [0, 0.05) is 19.0 Å². The van der Waals surface area contributed by atoms with Gasteiger partial charge in [0.15, 0.2) is 0 Å². The zero-order valence-electron chi connectivity index (χ0n) is 14.6. The van der Waals surface area contributed by atoms with Crippen molar-refractivity contribution in [1.29, 1.82) is 0 Å². The van der Waals surface area contributed by atoms with Gasteiger partial charge < -0.3 is 14.8 Å². The molecule has 1 fully saturated rings. The van der Waals surface area contributed by atoms with Crippen molar-refractivity contribution >= 4 is 57.8 Å². The highest BCUT2D eigenvalue weighted by atomic mass is 32.2. The average Bonchev–Trinajstić information content (AvgIpc) is 3.26. The van der Waals surface area contributed by atoms with Gasteiger partial charge in [0.05, 0.1) is 22.4 Å². The number of nitrogens with one attached hydrogen (secondary N) is 1. The number of carbonyl (C=O) groups excluding carboxylic acids is 2. The second-order valence-corrected chi connectivity index (χ2v) is 7.53. The van der Waals surface area contributed by atoms with Gasteiger partial charge in [-0.3, -0.25) is 14.5 Å². The first-order valence-electron chi connectivity index (χ1n) is 8.37. The Balaban J connectivity index is 1.54. The summed E-state index contributed by atoms with van der Waals surface area (Å²) < 4.78 is 5.64. The Labute approximate surface area is 170 Å². The van der Waals surface area contributed by atoms with Crippen LogP contribution in [0.25, 0.3) is 6.08 Å². The molecule has 1 saturated heterocycles. The molecule has 1 aliphatic rings. The summed E-state index contributed by atoms with van der Waals surface area (Å²) in [4.78, 5) is 37.7. The van der Waals surface area contributed by atoms with Gasteiger partial charge in [-0.1, -0.05) is 36.1 Å². The lowest BCUT2D eigenvalue weighted by Crippen LogP contribution is -2.29. The zero-order chi connectivity index (χ0) is 20.1. The maximum Gasteiger partial charge on any atom is 0.337 e. The van der Waals surface area contributed by atoms with Crippen LogP contribution in [-0.4, -0.2) is 38.7 Å². The fourth-order valence-corrected chi connectivity index (χ4v) is 3.87. The number of thioether (sulfide) groups is 1. The maximum atomic E-state index is 12.5. The molecule has 0 bridgehead atoms. The summed E-state index contributed by atoms with van der Waals surface area (Å²) in [6.45, 7) is 0.300. The topological polar surface area (TPSA) is 99.9 Å². The van der Waals surface area contributed by atoms with Crippen molar-refractivity contribution in [2.45, 2.75) is 12.8 Å². The van der Waals surface area contributed by atoms with Crippen LogP contribution in [0.1, 0.15) is 29.0 Å². The quantitative estimate of drug-likeness (QED) is 0.525. The van der Waals surface area contributed by atoms with Crippen molar-refractivity contribution in [3.63, 3.8) is 0 Å². The van der Waals surface area contributed by atoms with E-state index in [-0.39, 0.29) is 29.5 Å². The highest BCUT2D eigenvalue weighted by Crippen LogP contribution is 2.32. The minimum Gasteiger partial charge on any atom is -0.478 e. The van der Waals surface area contributed by atoms with E-state index in [0.717, 1.165) is 0 Å². The van der Waals surface area contributed by atoms with E-state index in [1.807, 2.05) is 0 Å². The molecule has 7 nitrogen and oxygen atoms in total. The number of anilines is 1. The molecular formula is C19H16N2O5S2. The second kappa shape index (κ2) is 8.85. The van der Waals surface area contributed by atoms with Gasteiger partial charge in [-0.25, -0.2) is 4.79 Å². The van der Waals surface area contributed by atoms with Gasteiger partial charge in [0.2, 0.25) is 5.91 Å². The van der Waals surface area contributed by atoms with E-state index in [1.54, 1.807) is 30.3 Å². The third kappa shape index (κ3) is 4.68. The number of benzene rings is 1. The third-order valence-electron chi connectivity index (χ3n) is 3.91. The number of furan rings is 1. The van der Waals surface area contributed by atoms with Crippen molar-refractivity contribution in [2.24, 2.45) is 0 Å². The number of para-hydroxylation sites is 1. The van der Waals surface area contributed by atoms with E-state index in [2.05, 4.69) is 5.32 Å². The molecular weight excluding hydrogens is 400 g/mol. The third-order valence-corrected chi connectivity index (χ3v) is 5.29. The molecule has 0 unspecified atom stereocenters. The summed E-state index contributed by atoms with van der Waals surface area (Å²) in [5.74, 6) is -1.10. The van der Waals surface area contributed by atoms with Crippen LogP contribution in [0.2, 0.25) is 0 Å². The Morgan fingerprint density at radius 1 is 1.25 bits per heavy atom. The fraction of sp³-hybridized carbons (Fsp3) is 0.158. The first-order valence-corrected chi connectivity index (χ1v) is 9.59. The lowest BCUT2D eigenvalue weighted by atomic mass is 10.1. The molecule has 0 atom stereocenters. The van der Waals surface area contributed by atoms with Crippen LogP contribution in [0.15, 0.2) is 52.0 Å². The smallest absolute Gasteiger partial charge is 0.337 e. The predicted octanol–water partition coefficient (Wildman–Crippen LogP) is 3.60. The van der Waals surface area contributed by atoms with Gasteiger partial charge in [-0.15, -0.1) is 0 Å². The van der Waals surface area contributed by atoms with Crippen LogP contribution in [0.3, 0.4) is 0 Å². The van der Waals surface area contributed by atoms with E-state index in [9.17, 15) is 14.4 Å². The van der Waals surface area contributed by atoms with Crippen LogP contribution in [-0.2, 0) is 9.59 Å². The van der Waals surface area contributed by atoms with Gasteiger partial charge >= 0.3 is 5.97 Å². The molecule has 1 aromatic heterocycles. The first kappa shape index (κ1) is 19.8. The molecule has 9 heteroatoms. The number of carbonyl (C=O) groups is 3. The minimum atomic E-state index is -1.11. The number of carboxylic acid groups (broad SMARTS) is 1. The predicted molar refractivity (Wildman–Crippen MR) is 110 cm³/mol. The largest absolute Gasteiger partial charge is 0.478 e. The molecule has 3 rings (SSSR count). The number of carboxylic acids is 1. The standard InChI is InChI=1S/C19H16N2O5S2/c22-16(20-14-7-2-1-6-13(14)18(24)25)8-3-9-21-17(23)15(28-19(21)27)11-12-5-4-10-26-12/h1-2,4-7,10-11H,3,8-9H2,(H,20,22)(H,24,25)/b15-11+. The Hall–Kier alpha value is -2.91. The highest BCUT2D eigenvalue weighted by Gasteiger charge is 2.31. The molecule has 2 N–H and O–H groups in total. The van der Waals surface area contributed by atoms with Crippen LogP contribution in [0.4, 0.5) is 5.69 Å². The summed E-state index contributed by atoms with van der Waals surface area (Å²) >= 11 is 6.44. The Kier molecular flexibility index (Phi) is 6.27. The Morgan fingerprint density at radius 2 is 2.04 bits per heavy atom. The van der Waals surface area contributed by atoms with Crippen LogP contribution < -0.4 is 5.32 Å². The summed E-state index contributed by atoms with van der Waals surface area (Å²) in [5, 5.41) is 11.7. The van der Waals surface area contributed by atoms with Gasteiger partial charge in [0.1, 0.15) is 10.1 Å².